The summed E-state index contributed by atoms with van der Waals surface area (Å²) >= 11 is 0. The second kappa shape index (κ2) is 8.33. The molecule has 1 aliphatic heterocycles. The number of nitrogens with one attached hydrogen (secondary N) is 1. The summed E-state index contributed by atoms with van der Waals surface area (Å²) in [5.41, 5.74) is 1.43. The molecule has 2 aromatic rings. The van der Waals surface area contributed by atoms with Crippen LogP contribution in [0.2, 0.25) is 0 Å². The van der Waals surface area contributed by atoms with E-state index in [0.717, 1.165) is 50.8 Å². The molecule has 1 aromatic heterocycles. The normalized spacial score (nSPS) is 15.9. The third kappa shape index (κ3) is 4.62. The number of aromatic nitrogens is 2. The molecular weight excluding hydrogens is 332 g/mol. The van der Waals surface area contributed by atoms with E-state index < -0.39 is 5.56 Å². The van der Waals surface area contributed by atoms with Gasteiger partial charge in [-0.2, -0.15) is 4.98 Å². The topological polar surface area (TPSA) is 81.7 Å². The Morgan fingerprint density at radius 2 is 2.00 bits per heavy atom. The van der Waals surface area contributed by atoms with Gasteiger partial charge in [0.25, 0.3) is 5.56 Å². The van der Waals surface area contributed by atoms with Gasteiger partial charge in [-0.15, -0.1) is 0 Å². The highest BCUT2D eigenvalue weighted by Gasteiger charge is 2.16. The van der Waals surface area contributed by atoms with Crippen LogP contribution < -0.4 is 10.3 Å². The molecule has 2 N–H and O–H groups in total. The molecule has 1 aliphatic rings. The number of piperazine rings is 1. The van der Waals surface area contributed by atoms with Crippen molar-refractivity contribution >= 4 is 0 Å². The standard InChI is InChI=1S/C19H26N4O3/c1-3-10-26-16-5-4-14(13-23-8-6-22(2)7-9-23)11-15(16)19-20-17(24)12-18(25)21-19/h4-5,11-12H,3,6-10,13H2,1-2H3,(H2,20,21,24,25). The predicted molar refractivity (Wildman–Crippen MR) is 101 cm³/mol. The number of hydrogen-bond donors (Lipinski definition) is 2. The molecule has 1 fully saturated rings. The molecule has 0 bridgehead atoms. The molecule has 140 valence electrons. The Balaban J connectivity index is 1.89. The van der Waals surface area contributed by atoms with Crippen molar-refractivity contribution in [3.05, 3.63) is 40.2 Å². The number of rotatable bonds is 6. The molecule has 3 rings (SSSR count). The number of hydrogen-bond acceptors (Lipinski definition) is 6. The Morgan fingerprint density at radius 1 is 1.23 bits per heavy atom. The van der Waals surface area contributed by atoms with Crippen molar-refractivity contribution in [3.63, 3.8) is 0 Å². The average Bonchev–Trinajstić information content (AvgIpc) is 2.61. The van der Waals surface area contributed by atoms with Gasteiger partial charge >= 0.3 is 0 Å². The third-order valence-electron chi connectivity index (χ3n) is 4.49. The van der Waals surface area contributed by atoms with Crippen LogP contribution in [0.1, 0.15) is 18.9 Å². The summed E-state index contributed by atoms with van der Waals surface area (Å²) in [6.07, 6.45) is 0.881. The molecule has 7 heteroatoms. The van der Waals surface area contributed by atoms with E-state index in [1.54, 1.807) is 0 Å². The molecule has 1 saturated heterocycles. The number of aromatic hydroxyl groups is 1. The van der Waals surface area contributed by atoms with E-state index in [2.05, 4.69) is 26.8 Å². The van der Waals surface area contributed by atoms with Gasteiger partial charge in [-0.3, -0.25) is 9.69 Å². The van der Waals surface area contributed by atoms with Gasteiger partial charge < -0.3 is 19.7 Å². The molecule has 1 aromatic carbocycles. The molecular formula is C19H26N4O3. The molecule has 0 aliphatic carbocycles. The van der Waals surface area contributed by atoms with Crippen LogP contribution in [-0.2, 0) is 6.54 Å². The largest absolute Gasteiger partial charge is 0.493 e. The zero-order valence-electron chi connectivity index (χ0n) is 15.4. The van der Waals surface area contributed by atoms with Crippen LogP contribution in [0.5, 0.6) is 11.6 Å². The Kier molecular flexibility index (Phi) is 5.90. The third-order valence-corrected chi connectivity index (χ3v) is 4.49. The van der Waals surface area contributed by atoms with E-state index in [-0.39, 0.29) is 5.88 Å². The van der Waals surface area contributed by atoms with Crippen molar-refractivity contribution in [2.45, 2.75) is 19.9 Å². The van der Waals surface area contributed by atoms with Crippen molar-refractivity contribution in [3.8, 4) is 23.0 Å². The number of nitrogens with zero attached hydrogens (tertiary/aromatic N) is 3. The number of likely N-dealkylation sites (N-methyl/N-ethyl adjacent to an activating group) is 1. The minimum Gasteiger partial charge on any atom is -0.493 e. The number of benzene rings is 1. The van der Waals surface area contributed by atoms with E-state index in [0.29, 0.717) is 23.7 Å². The Morgan fingerprint density at radius 3 is 2.69 bits per heavy atom. The zero-order valence-corrected chi connectivity index (χ0v) is 15.4. The van der Waals surface area contributed by atoms with E-state index in [1.165, 1.54) is 0 Å². The summed E-state index contributed by atoms with van der Waals surface area (Å²) in [6.45, 7) is 7.63. The highest BCUT2D eigenvalue weighted by atomic mass is 16.5. The molecule has 7 nitrogen and oxygen atoms in total. The van der Waals surface area contributed by atoms with Crippen LogP contribution in [0.3, 0.4) is 0 Å². The summed E-state index contributed by atoms with van der Waals surface area (Å²) in [4.78, 5) is 23.2. The first-order valence-corrected chi connectivity index (χ1v) is 9.02. The minimum absolute atomic E-state index is 0.297. The van der Waals surface area contributed by atoms with Gasteiger partial charge in [0.05, 0.1) is 18.2 Å². The number of aromatic amines is 1. The summed E-state index contributed by atoms with van der Waals surface area (Å²) in [6, 6.07) is 7.01. The van der Waals surface area contributed by atoms with Crippen LogP contribution in [0.4, 0.5) is 0 Å². The quantitative estimate of drug-likeness (QED) is 0.818. The lowest BCUT2D eigenvalue weighted by Gasteiger charge is -2.32. The fourth-order valence-electron chi connectivity index (χ4n) is 3.03. The first-order chi connectivity index (χ1) is 12.5. The summed E-state index contributed by atoms with van der Waals surface area (Å²) < 4.78 is 5.82. The molecule has 26 heavy (non-hydrogen) atoms. The van der Waals surface area contributed by atoms with Crippen molar-refractivity contribution in [2.75, 3.05) is 39.8 Å². The maximum Gasteiger partial charge on any atom is 0.254 e. The monoisotopic (exact) mass is 358 g/mol. The minimum atomic E-state index is -0.390. The first kappa shape index (κ1) is 18.4. The summed E-state index contributed by atoms with van der Waals surface area (Å²) in [7, 11) is 2.14. The van der Waals surface area contributed by atoms with E-state index in [4.69, 9.17) is 4.74 Å². The average molecular weight is 358 g/mol. The molecule has 0 atom stereocenters. The molecule has 0 radical (unpaired) electrons. The van der Waals surface area contributed by atoms with Gasteiger partial charge in [0.1, 0.15) is 11.6 Å². The molecule has 0 saturated carbocycles. The fraction of sp³-hybridized carbons (Fsp3) is 0.474. The highest BCUT2D eigenvalue weighted by molar-refractivity contribution is 5.65. The second-order valence-corrected chi connectivity index (χ2v) is 6.71. The smallest absolute Gasteiger partial charge is 0.254 e. The van der Waals surface area contributed by atoms with Gasteiger partial charge in [-0.05, 0) is 31.2 Å². The summed E-state index contributed by atoms with van der Waals surface area (Å²) in [5, 5.41) is 9.69. The summed E-state index contributed by atoms with van der Waals surface area (Å²) in [5.74, 6) is 0.679. The SMILES string of the molecule is CCCOc1ccc(CN2CCN(C)CC2)cc1-c1nc(O)cc(=O)[nH]1. The lowest BCUT2D eigenvalue weighted by molar-refractivity contribution is 0.148. The Hall–Kier alpha value is -2.38. The van der Waals surface area contributed by atoms with Crippen LogP contribution in [0.25, 0.3) is 11.4 Å². The molecule has 2 heterocycles. The molecule has 0 unspecified atom stereocenters. The van der Waals surface area contributed by atoms with E-state index in [9.17, 15) is 9.90 Å². The maximum absolute atomic E-state index is 11.7. The van der Waals surface area contributed by atoms with Crippen molar-refractivity contribution in [1.29, 1.82) is 0 Å². The number of H-pyrrole nitrogens is 1. The highest BCUT2D eigenvalue weighted by Crippen LogP contribution is 2.29. The van der Waals surface area contributed by atoms with E-state index in [1.807, 2.05) is 25.1 Å². The van der Waals surface area contributed by atoms with Crippen LogP contribution in [0, 0.1) is 0 Å². The van der Waals surface area contributed by atoms with Gasteiger partial charge in [0, 0.05) is 32.7 Å². The fourth-order valence-corrected chi connectivity index (χ4v) is 3.03. The lowest BCUT2D eigenvalue weighted by Crippen LogP contribution is -2.43. The van der Waals surface area contributed by atoms with Crippen LogP contribution in [0.15, 0.2) is 29.1 Å². The molecule has 0 spiro atoms. The van der Waals surface area contributed by atoms with Crippen LogP contribution in [-0.4, -0.2) is 64.7 Å². The zero-order chi connectivity index (χ0) is 18.5. The first-order valence-electron chi connectivity index (χ1n) is 9.02. The van der Waals surface area contributed by atoms with Crippen molar-refractivity contribution < 1.29 is 9.84 Å². The van der Waals surface area contributed by atoms with E-state index >= 15 is 0 Å². The van der Waals surface area contributed by atoms with Crippen molar-refractivity contribution in [2.24, 2.45) is 0 Å². The van der Waals surface area contributed by atoms with Gasteiger partial charge in [-0.1, -0.05) is 13.0 Å². The van der Waals surface area contributed by atoms with Crippen LogP contribution >= 0.6 is 0 Å². The Bertz CT molecular complexity index is 798. The number of ether oxygens (including phenoxy) is 1. The molecule has 0 amide bonds. The predicted octanol–water partition coefficient (Wildman–Crippen LogP) is 1.68. The Labute approximate surface area is 153 Å². The van der Waals surface area contributed by atoms with Crippen molar-refractivity contribution in [1.82, 2.24) is 19.8 Å². The second-order valence-electron chi connectivity index (χ2n) is 6.71. The lowest BCUT2D eigenvalue weighted by atomic mass is 10.1. The maximum atomic E-state index is 11.7. The van der Waals surface area contributed by atoms with Gasteiger partial charge in [-0.25, -0.2) is 0 Å². The van der Waals surface area contributed by atoms with Gasteiger partial charge in [0.15, 0.2) is 0 Å². The van der Waals surface area contributed by atoms with Gasteiger partial charge in [0.2, 0.25) is 5.88 Å².